The Morgan fingerprint density at radius 2 is 1.86 bits per heavy atom. The molecule has 0 aliphatic heterocycles. The van der Waals surface area contributed by atoms with Crippen LogP contribution in [-0.4, -0.2) is 29.2 Å². The second-order valence-electron chi connectivity index (χ2n) is 5.11. The Bertz CT molecular complexity index is 518. The van der Waals surface area contributed by atoms with Crippen LogP contribution in [0.5, 0.6) is 0 Å². The van der Waals surface area contributed by atoms with Crippen LogP contribution in [0.2, 0.25) is 0 Å². The molecule has 1 saturated carbocycles. The zero-order valence-electron chi connectivity index (χ0n) is 11.8. The van der Waals surface area contributed by atoms with Crippen molar-refractivity contribution in [3.8, 4) is 0 Å². The molecule has 1 aromatic rings. The standard InChI is InChI=1S/C16H18F2O2S/c1-2-21-12-5-3-11(4-6-12)13(16(19)20)7-10-8-14(17)15(18)9-10/h3-7,10,14-15H,2,8-9H2,1H3,(H,19,20)/b13-7+. The van der Waals surface area contributed by atoms with E-state index in [4.69, 9.17) is 0 Å². The molecule has 1 aliphatic carbocycles. The molecule has 114 valence electrons. The fourth-order valence-electron chi connectivity index (χ4n) is 2.53. The minimum atomic E-state index is -1.48. The number of carbonyl (C=O) groups is 1. The summed E-state index contributed by atoms with van der Waals surface area (Å²) in [5.74, 6) is -0.479. The molecule has 0 bridgehead atoms. The predicted molar refractivity (Wildman–Crippen MR) is 81.0 cm³/mol. The van der Waals surface area contributed by atoms with Gasteiger partial charge in [-0.25, -0.2) is 13.6 Å². The first kappa shape index (κ1) is 16.0. The van der Waals surface area contributed by atoms with Crippen molar-refractivity contribution in [2.45, 2.75) is 37.0 Å². The Hall–Kier alpha value is -1.36. The van der Waals surface area contributed by atoms with Crippen LogP contribution in [0.25, 0.3) is 5.57 Å². The molecule has 2 nitrogen and oxygen atoms in total. The van der Waals surface area contributed by atoms with Crippen molar-refractivity contribution in [2.75, 3.05) is 5.75 Å². The number of rotatable bonds is 5. The van der Waals surface area contributed by atoms with Gasteiger partial charge in [0, 0.05) is 4.90 Å². The van der Waals surface area contributed by atoms with Crippen molar-refractivity contribution < 1.29 is 18.7 Å². The van der Waals surface area contributed by atoms with E-state index in [2.05, 4.69) is 0 Å². The van der Waals surface area contributed by atoms with E-state index in [0.717, 1.165) is 10.6 Å². The minimum Gasteiger partial charge on any atom is -0.478 e. The second kappa shape index (κ2) is 7.07. The van der Waals surface area contributed by atoms with Gasteiger partial charge in [-0.15, -0.1) is 11.8 Å². The van der Waals surface area contributed by atoms with E-state index in [-0.39, 0.29) is 24.3 Å². The van der Waals surface area contributed by atoms with Gasteiger partial charge in [0.05, 0.1) is 5.57 Å². The number of thioether (sulfide) groups is 1. The van der Waals surface area contributed by atoms with Gasteiger partial charge in [-0.05, 0) is 42.2 Å². The third-order valence-corrected chi connectivity index (χ3v) is 4.45. The molecule has 2 unspecified atom stereocenters. The van der Waals surface area contributed by atoms with E-state index in [9.17, 15) is 18.7 Å². The van der Waals surface area contributed by atoms with Crippen LogP contribution in [0.3, 0.4) is 0 Å². The van der Waals surface area contributed by atoms with Crippen LogP contribution < -0.4 is 0 Å². The number of hydrogen-bond donors (Lipinski definition) is 1. The number of alkyl halides is 2. The number of aliphatic carboxylic acids is 1. The van der Waals surface area contributed by atoms with Crippen LogP contribution in [0, 0.1) is 5.92 Å². The Morgan fingerprint density at radius 3 is 2.33 bits per heavy atom. The molecule has 2 rings (SSSR count). The smallest absolute Gasteiger partial charge is 0.335 e. The van der Waals surface area contributed by atoms with E-state index in [1.807, 2.05) is 19.1 Å². The van der Waals surface area contributed by atoms with Gasteiger partial charge in [-0.1, -0.05) is 25.1 Å². The zero-order chi connectivity index (χ0) is 15.4. The van der Waals surface area contributed by atoms with E-state index in [1.54, 1.807) is 23.9 Å². The largest absolute Gasteiger partial charge is 0.478 e. The molecule has 0 saturated heterocycles. The molecule has 0 spiro atoms. The molecule has 1 aromatic carbocycles. The first-order valence-corrected chi connectivity index (χ1v) is 7.96. The lowest BCUT2D eigenvalue weighted by molar-refractivity contribution is -0.130. The predicted octanol–water partition coefficient (Wildman–Crippen LogP) is 4.35. The van der Waals surface area contributed by atoms with Gasteiger partial charge in [-0.2, -0.15) is 0 Å². The highest BCUT2D eigenvalue weighted by Crippen LogP contribution is 2.34. The van der Waals surface area contributed by atoms with Crippen molar-refractivity contribution in [3.63, 3.8) is 0 Å². The molecule has 0 heterocycles. The third-order valence-electron chi connectivity index (χ3n) is 3.56. The number of allylic oxidation sites excluding steroid dienone is 1. The summed E-state index contributed by atoms with van der Waals surface area (Å²) < 4.78 is 26.4. The molecule has 0 aromatic heterocycles. The normalized spacial score (nSPS) is 26.0. The van der Waals surface area contributed by atoms with Gasteiger partial charge in [0.2, 0.25) is 0 Å². The average Bonchev–Trinajstić information content (AvgIpc) is 2.76. The van der Waals surface area contributed by atoms with Gasteiger partial charge >= 0.3 is 5.97 Å². The van der Waals surface area contributed by atoms with E-state index in [1.165, 1.54) is 6.08 Å². The molecular weight excluding hydrogens is 294 g/mol. The Balaban J connectivity index is 2.21. The van der Waals surface area contributed by atoms with Gasteiger partial charge in [0.15, 0.2) is 0 Å². The summed E-state index contributed by atoms with van der Waals surface area (Å²) in [6, 6.07) is 7.22. The van der Waals surface area contributed by atoms with E-state index >= 15 is 0 Å². The van der Waals surface area contributed by atoms with Gasteiger partial charge in [0.25, 0.3) is 0 Å². The fraction of sp³-hybridized carbons (Fsp3) is 0.438. The van der Waals surface area contributed by atoms with Crippen LogP contribution in [0.1, 0.15) is 25.3 Å². The van der Waals surface area contributed by atoms with Crippen LogP contribution >= 0.6 is 11.8 Å². The number of hydrogen-bond acceptors (Lipinski definition) is 2. The maximum atomic E-state index is 13.2. The summed E-state index contributed by atoms with van der Waals surface area (Å²) in [6.45, 7) is 2.04. The van der Waals surface area contributed by atoms with Crippen molar-refractivity contribution in [1.29, 1.82) is 0 Å². The van der Waals surface area contributed by atoms with Crippen molar-refractivity contribution >= 4 is 23.3 Å². The van der Waals surface area contributed by atoms with Crippen LogP contribution in [0.4, 0.5) is 8.78 Å². The third kappa shape index (κ3) is 4.06. The van der Waals surface area contributed by atoms with E-state index < -0.39 is 18.3 Å². The topological polar surface area (TPSA) is 37.3 Å². The van der Waals surface area contributed by atoms with Crippen molar-refractivity contribution in [1.82, 2.24) is 0 Å². The van der Waals surface area contributed by atoms with Crippen LogP contribution in [-0.2, 0) is 4.79 Å². The second-order valence-corrected chi connectivity index (χ2v) is 6.44. The summed E-state index contributed by atoms with van der Waals surface area (Å²) >= 11 is 1.67. The van der Waals surface area contributed by atoms with Crippen molar-refractivity contribution in [3.05, 3.63) is 35.9 Å². The summed E-state index contributed by atoms with van der Waals surface area (Å²) in [6.07, 6.45) is -1.35. The SMILES string of the molecule is CCSc1ccc(/C(=C\C2CC(F)C(F)C2)C(=O)O)cc1. The molecule has 1 aliphatic rings. The Labute approximate surface area is 127 Å². The number of halogens is 2. The number of carboxylic acids is 1. The van der Waals surface area contributed by atoms with Gasteiger partial charge in [0.1, 0.15) is 12.3 Å². The Kier molecular flexibility index (Phi) is 5.39. The number of benzene rings is 1. The molecule has 1 fully saturated rings. The minimum absolute atomic E-state index is 0.0573. The highest BCUT2D eigenvalue weighted by molar-refractivity contribution is 7.99. The van der Waals surface area contributed by atoms with E-state index in [0.29, 0.717) is 5.56 Å². The highest BCUT2D eigenvalue weighted by atomic mass is 32.2. The molecular formula is C16H18F2O2S. The summed E-state index contributed by atoms with van der Waals surface area (Å²) in [4.78, 5) is 12.5. The van der Waals surface area contributed by atoms with Crippen LogP contribution in [0.15, 0.2) is 35.2 Å². The summed E-state index contributed by atoms with van der Waals surface area (Å²) in [5.41, 5.74) is 0.690. The summed E-state index contributed by atoms with van der Waals surface area (Å²) in [7, 11) is 0. The van der Waals surface area contributed by atoms with Gasteiger partial charge in [-0.3, -0.25) is 0 Å². The average molecular weight is 312 g/mol. The fourth-order valence-corrected chi connectivity index (χ4v) is 3.19. The molecule has 2 atom stereocenters. The first-order valence-electron chi connectivity index (χ1n) is 6.97. The molecule has 5 heteroatoms. The molecule has 1 N–H and O–H groups in total. The first-order chi connectivity index (χ1) is 10.0. The maximum Gasteiger partial charge on any atom is 0.335 e. The Morgan fingerprint density at radius 1 is 1.29 bits per heavy atom. The van der Waals surface area contributed by atoms with Gasteiger partial charge < -0.3 is 5.11 Å². The maximum absolute atomic E-state index is 13.2. The number of carboxylic acid groups (broad SMARTS) is 1. The molecule has 0 amide bonds. The molecule has 21 heavy (non-hydrogen) atoms. The molecule has 0 radical (unpaired) electrons. The lowest BCUT2D eigenvalue weighted by Gasteiger charge is -2.08. The van der Waals surface area contributed by atoms with Crippen molar-refractivity contribution in [2.24, 2.45) is 5.92 Å². The monoisotopic (exact) mass is 312 g/mol. The lowest BCUT2D eigenvalue weighted by Crippen LogP contribution is -2.06. The highest BCUT2D eigenvalue weighted by Gasteiger charge is 2.34. The zero-order valence-corrected chi connectivity index (χ0v) is 12.6. The quantitative estimate of drug-likeness (QED) is 0.648. The lowest BCUT2D eigenvalue weighted by atomic mass is 9.99. The summed E-state index contributed by atoms with van der Waals surface area (Å²) in [5, 5.41) is 9.33.